The summed E-state index contributed by atoms with van der Waals surface area (Å²) in [6.45, 7) is 4.68. The molecule has 11 rings (SSSR count). The first-order chi connectivity index (χ1) is 28.0. The quantitative estimate of drug-likeness (QED) is 0.177. The number of hydrogen-bond acceptors (Lipinski definition) is 3. The molecule has 0 N–H and O–H groups in total. The molecule has 0 fully saturated rings. The van der Waals surface area contributed by atoms with Crippen LogP contribution in [0.5, 0.6) is 0 Å². The molecule has 0 saturated heterocycles. The zero-order valence-electron chi connectivity index (χ0n) is 31.7. The number of nitrogens with zero attached hydrogens (tertiary/aromatic N) is 3. The lowest BCUT2D eigenvalue weighted by Gasteiger charge is -2.22. The van der Waals surface area contributed by atoms with Crippen LogP contribution in [0.4, 0.5) is 0 Å². The highest BCUT2D eigenvalue weighted by atomic mass is 15.0. The highest BCUT2D eigenvalue weighted by Crippen LogP contribution is 2.50. The standard InChI is InChI=1S/C54H37N3/c1-54(2)49-21-10-9-19-47(49)48-27-26-39(33-50(48)54)42-30-43(46-20-11-17-36-14-7-8-18-45(36)46)32-44(31-42)53-56-51(40-24-22-34-12-3-5-15-37(34)28-40)55-52(57-53)41-25-23-35-13-4-6-16-38(35)29-41/h3-33H,1-2H3. The molecule has 3 nitrogen and oxygen atoms in total. The lowest BCUT2D eigenvalue weighted by molar-refractivity contribution is 0.660. The summed E-state index contributed by atoms with van der Waals surface area (Å²) < 4.78 is 0. The first kappa shape index (κ1) is 33.1. The van der Waals surface area contributed by atoms with Gasteiger partial charge in [-0.05, 0) is 113 Å². The molecular weight excluding hydrogens is 691 g/mol. The molecule has 0 saturated carbocycles. The van der Waals surface area contributed by atoms with E-state index in [9.17, 15) is 0 Å². The van der Waals surface area contributed by atoms with Crippen LogP contribution in [0.1, 0.15) is 25.0 Å². The van der Waals surface area contributed by atoms with E-state index in [1.165, 1.54) is 49.4 Å². The molecule has 0 unspecified atom stereocenters. The van der Waals surface area contributed by atoms with Crippen molar-refractivity contribution >= 4 is 32.3 Å². The van der Waals surface area contributed by atoms with Crippen LogP contribution in [0.2, 0.25) is 0 Å². The Balaban J connectivity index is 1.15. The Morgan fingerprint density at radius 2 is 0.789 bits per heavy atom. The lowest BCUT2D eigenvalue weighted by Crippen LogP contribution is -2.14. The normalized spacial score (nSPS) is 12.9. The molecule has 1 heterocycles. The third-order valence-corrected chi connectivity index (χ3v) is 11.9. The molecule has 0 aliphatic heterocycles. The van der Waals surface area contributed by atoms with E-state index in [0.717, 1.165) is 44.2 Å². The van der Waals surface area contributed by atoms with Gasteiger partial charge in [0.2, 0.25) is 0 Å². The molecule has 9 aromatic carbocycles. The second-order valence-corrected chi connectivity index (χ2v) is 15.7. The van der Waals surface area contributed by atoms with E-state index in [1.54, 1.807) is 0 Å². The van der Waals surface area contributed by atoms with Crippen LogP contribution >= 0.6 is 0 Å². The zero-order valence-corrected chi connectivity index (χ0v) is 31.7. The second-order valence-electron chi connectivity index (χ2n) is 15.7. The number of benzene rings is 9. The maximum absolute atomic E-state index is 5.29. The van der Waals surface area contributed by atoms with Gasteiger partial charge in [-0.25, -0.2) is 15.0 Å². The number of aromatic nitrogens is 3. The van der Waals surface area contributed by atoms with E-state index in [1.807, 2.05) is 0 Å². The van der Waals surface area contributed by atoms with E-state index in [2.05, 4.69) is 202 Å². The smallest absolute Gasteiger partial charge is 0.164 e. The Morgan fingerprint density at radius 3 is 1.49 bits per heavy atom. The molecule has 10 aromatic rings. The first-order valence-corrected chi connectivity index (χ1v) is 19.6. The monoisotopic (exact) mass is 727 g/mol. The van der Waals surface area contributed by atoms with Crippen molar-refractivity contribution in [3.63, 3.8) is 0 Å². The minimum atomic E-state index is -0.115. The summed E-state index contributed by atoms with van der Waals surface area (Å²) >= 11 is 0. The van der Waals surface area contributed by atoms with Crippen molar-refractivity contribution < 1.29 is 0 Å². The Bertz CT molecular complexity index is 3130. The van der Waals surface area contributed by atoms with E-state index >= 15 is 0 Å². The predicted octanol–water partition coefficient (Wildman–Crippen LogP) is 14.0. The SMILES string of the molecule is CC1(C)c2ccccc2-c2ccc(-c3cc(-c4nc(-c5ccc6ccccc6c5)nc(-c5ccc6ccccc6c5)n4)cc(-c4cccc5ccccc45)c3)cc21. The van der Waals surface area contributed by atoms with Gasteiger partial charge in [-0.15, -0.1) is 0 Å². The molecule has 0 spiro atoms. The maximum Gasteiger partial charge on any atom is 0.164 e. The van der Waals surface area contributed by atoms with Gasteiger partial charge in [0.15, 0.2) is 17.5 Å². The summed E-state index contributed by atoms with van der Waals surface area (Å²) in [6, 6.07) is 67.6. The highest BCUT2D eigenvalue weighted by Gasteiger charge is 2.35. The van der Waals surface area contributed by atoms with Gasteiger partial charge in [0.05, 0.1) is 0 Å². The molecule has 1 aliphatic carbocycles. The van der Waals surface area contributed by atoms with Gasteiger partial charge in [-0.3, -0.25) is 0 Å². The molecular formula is C54H37N3. The molecule has 57 heavy (non-hydrogen) atoms. The van der Waals surface area contributed by atoms with Crippen molar-refractivity contribution in [1.29, 1.82) is 0 Å². The van der Waals surface area contributed by atoms with E-state index < -0.39 is 0 Å². The van der Waals surface area contributed by atoms with Crippen molar-refractivity contribution in [1.82, 2.24) is 15.0 Å². The number of rotatable bonds is 5. The van der Waals surface area contributed by atoms with Crippen molar-refractivity contribution in [2.45, 2.75) is 19.3 Å². The average molecular weight is 728 g/mol. The van der Waals surface area contributed by atoms with Crippen LogP contribution in [0.25, 0.3) is 99.9 Å². The van der Waals surface area contributed by atoms with Crippen molar-refractivity contribution in [3.05, 3.63) is 199 Å². The Kier molecular flexibility index (Phi) is 7.52. The van der Waals surface area contributed by atoms with Gasteiger partial charge < -0.3 is 0 Å². The minimum absolute atomic E-state index is 0.115. The largest absolute Gasteiger partial charge is 0.208 e. The van der Waals surface area contributed by atoms with Crippen molar-refractivity contribution in [3.8, 4) is 67.5 Å². The summed E-state index contributed by atoms with van der Waals surface area (Å²) in [5, 5.41) is 7.06. The molecule has 1 aromatic heterocycles. The van der Waals surface area contributed by atoms with Crippen LogP contribution in [0, 0.1) is 0 Å². The van der Waals surface area contributed by atoms with Crippen LogP contribution < -0.4 is 0 Å². The predicted molar refractivity (Wildman–Crippen MR) is 237 cm³/mol. The average Bonchev–Trinajstić information content (AvgIpc) is 3.50. The van der Waals surface area contributed by atoms with Gasteiger partial charge >= 0.3 is 0 Å². The first-order valence-electron chi connectivity index (χ1n) is 19.6. The topological polar surface area (TPSA) is 38.7 Å². The molecule has 1 aliphatic rings. The van der Waals surface area contributed by atoms with Crippen molar-refractivity contribution in [2.75, 3.05) is 0 Å². The Morgan fingerprint density at radius 1 is 0.298 bits per heavy atom. The van der Waals surface area contributed by atoms with Crippen LogP contribution in [-0.4, -0.2) is 15.0 Å². The van der Waals surface area contributed by atoms with E-state index in [0.29, 0.717) is 17.5 Å². The molecule has 268 valence electrons. The minimum Gasteiger partial charge on any atom is -0.208 e. The van der Waals surface area contributed by atoms with Gasteiger partial charge in [0, 0.05) is 22.1 Å². The maximum atomic E-state index is 5.29. The summed E-state index contributed by atoms with van der Waals surface area (Å²) in [4.78, 5) is 15.7. The third kappa shape index (κ3) is 5.62. The third-order valence-electron chi connectivity index (χ3n) is 11.9. The molecule has 3 heteroatoms. The summed E-state index contributed by atoms with van der Waals surface area (Å²) in [6.07, 6.45) is 0. The van der Waals surface area contributed by atoms with Gasteiger partial charge in [0.25, 0.3) is 0 Å². The number of hydrogen-bond donors (Lipinski definition) is 0. The number of fused-ring (bicyclic) bond motifs is 6. The fourth-order valence-electron chi connectivity index (χ4n) is 8.86. The second kappa shape index (κ2) is 12.9. The van der Waals surface area contributed by atoms with E-state index in [-0.39, 0.29) is 5.41 Å². The van der Waals surface area contributed by atoms with Crippen molar-refractivity contribution in [2.24, 2.45) is 0 Å². The molecule has 0 bridgehead atoms. The van der Waals surface area contributed by atoms with Crippen LogP contribution in [-0.2, 0) is 5.41 Å². The Hall–Kier alpha value is -7.23. The van der Waals surface area contributed by atoms with Crippen LogP contribution in [0.3, 0.4) is 0 Å². The molecule has 0 radical (unpaired) electrons. The molecule has 0 amide bonds. The van der Waals surface area contributed by atoms with Gasteiger partial charge in [-0.2, -0.15) is 0 Å². The van der Waals surface area contributed by atoms with Gasteiger partial charge in [-0.1, -0.05) is 166 Å². The molecule has 0 atom stereocenters. The summed E-state index contributed by atoms with van der Waals surface area (Å²) in [5.41, 5.74) is 12.6. The van der Waals surface area contributed by atoms with Gasteiger partial charge in [0.1, 0.15) is 0 Å². The Labute approximate surface area is 332 Å². The summed E-state index contributed by atoms with van der Waals surface area (Å²) in [7, 11) is 0. The van der Waals surface area contributed by atoms with E-state index in [4.69, 9.17) is 15.0 Å². The highest BCUT2D eigenvalue weighted by molar-refractivity contribution is 5.98. The summed E-state index contributed by atoms with van der Waals surface area (Å²) in [5.74, 6) is 1.92. The lowest BCUT2D eigenvalue weighted by atomic mass is 9.81. The van der Waals surface area contributed by atoms with Crippen LogP contribution in [0.15, 0.2) is 188 Å². The fraction of sp³-hybridized carbons (Fsp3) is 0.0556. The zero-order chi connectivity index (χ0) is 38.1. The fourth-order valence-corrected chi connectivity index (χ4v) is 8.86.